The molecule has 1 saturated heterocycles. The zero-order valence-electron chi connectivity index (χ0n) is 21.5. The van der Waals surface area contributed by atoms with Crippen molar-refractivity contribution in [3.05, 3.63) is 94.2 Å². The molecule has 6 nitrogen and oxygen atoms in total. The summed E-state index contributed by atoms with van der Waals surface area (Å²) in [6.45, 7) is 8.39. The fourth-order valence-electron chi connectivity index (χ4n) is 4.74. The van der Waals surface area contributed by atoms with E-state index in [9.17, 15) is 4.79 Å². The molecule has 1 aliphatic heterocycles. The average Bonchev–Trinajstić information content (AvgIpc) is 3.29. The number of nitrogens with one attached hydrogen (secondary N) is 1. The molecule has 5 rings (SSSR count). The maximum Gasteiger partial charge on any atom is 0.492 e. The van der Waals surface area contributed by atoms with Gasteiger partial charge >= 0.3 is 13.2 Å². The molecule has 0 radical (unpaired) electrons. The van der Waals surface area contributed by atoms with E-state index in [-0.39, 0.29) is 19.1 Å². The van der Waals surface area contributed by atoms with Gasteiger partial charge in [-0.25, -0.2) is 4.79 Å². The molecule has 37 heavy (non-hydrogen) atoms. The van der Waals surface area contributed by atoms with E-state index in [4.69, 9.17) is 25.6 Å². The Bertz CT molecular complexity index is 1300. The number of aromatic nitrogens is 1. The number of hydrogen-bond donors (Lipinski definition) is 1. The highest BCUT2D eigenvalue weighted by atomic mass is 35.5. The minimum Gasteiger partial charge on any atom is -0.449 e. The van der Waals surface area contributed by atoms with Crippen molar-refractivity contribution in [2.24, 2.45) is 0 Å². The molecule has 1 aliphatic carbocycles. The first-order chi connectivity index (χ1) is 17.6. The highest BCUT2D eigenvalue weighted by Gasteiger charge is 2.52. The summed E-state index contributed by atoms with van der Waals surface area (Å²) in [6, 6.07) is 18.3. The summed E-state index contributed by atoms with van der Waals surface area (Å²) in [5, 5.41) is 3.40. The Balaban J connectivity index is 1.29. The Morgan fingerprint density at radius 3 is 2.22 bits per heavy atom. The van der Waals surface area contributed by atoms with Crippen LogP contribution in [0.4, 0.5) is 4.79 Å². The van der Waals surface area contributed by atoms with Gasteiger partial charge in [-0.3, -0.25) is 4.98 Å². The van der Waals surface area contributed by atoms with Crippen LogP contribution in [0.2, 0.25) is 5.02 Å². The molecule has 2 aromatic carbocycles. The third kappa shape index (κ3) is 5.17. The SMILES string of the molecule is CC1(C)OB(C(=Cc2cncc(Cl)c2)CNC(=O)OCC2c3ccccc3-c3ccccc32)OC1(C)C. The van der Waals surface area contributed by atoms with Crippen LogP contribution in [0.15, 0.2) is 72.5 Å². The third-order valence-electron chi connectivity index (χ3n) is 7.41. The van der Waals surface area contributed by atoms with Crippen LogP contribution in [-0.4, -0.2) is 42.5 Å². The molecule has 0 spiro atoms. The van der Waals surface area contributed by atoms with Gasteiger partial charge in [0, 0.05) is 24.9 Å². The predicted octanol–water partition coefficient (Wildman–Crippen LogP) is 6.29. The lowest BCUT2D eigenvalue weighted by Gasteiger charge is -2.32. The van der Waals surface area contributed by atoms with Gasteiger partial charge in [0.1, 0.15) is 6.61 Å². The van der Waals surface area contributed by atoms with Gasteiger partial charge in [-0.15, -0.1) is 0 Å². The van der Waals surface area contributed by atoms with Gasteiger partial charge < -0.3 is 19.4 Å². The van der Waals surface area contributed by atoms with E-state index in [1.54, 1.807) is 18.5 Å². The van der Waals surface area contributed by atoms with Crippen LogP contribution >= 0.6 is 11.6 Å². The molecule has 1 amide bonds. The summed E-state index contributed by atoms with van der Waals surface area (Å²) in [5.74, 6) is -0.00575. The van der Waals surface area contributed by atoms with Crippen molar-refractivity contribution in [1.82, 2.24) is 10.3 Å². The second-order valence-corrected chi connectivity index (χ2v) is 10.9. The van der Waals surface area contributed by atoms with Crippen LogP contribution in [0.5, 0.6) is 0 Å². The number of carbonyl (C=O) groups is 1. The van der Waals surface area contributed by atoms with Crippen molar-refractivity contribution < 1.29 is 18.8 Å². The van der Waals surface area contributed by atoms with Crippen LogP contribution in [0, 0.1) is 0 Å². The van der Waals surface area contributed by atoms with Crippen molar-refractivity contribution in [2.45, 2.75) is 44.8 Å². The molecular formula is C29H30BClN2O4. The van der Waals surface area contributed by atoms with Crippen LogP contribution in [-0.2, 0) is 14.0 Å². The molecule has 3 aromatic rings. The highest BCUT2D eigenvalue weighted by molar-refractivity contribution is 6.56. The van der Waals surface area contributed by atoms with Gasteiger partial charge in [0.15, 0.2) is 0 Å². The molecule has 8 heteroatoms. The second kappa shape index (κ2) is 9.97. The molecule has 0 saturated carbocycles. The number of alkyl carbamates (subject to hydrolysis) is 1. The quantitative estimate of drug-likeness (QED) is 0.390. The zero-order chi connectivity index (χ0) is 26.2. The minimum absolute atomic E-state index is 0.00575. The van der Waals surface area contributed by atoms with Crippen LogP contribution in [0.1, 0.15) is 50.3 Å². The standard InChI is InChI=1S/C29H30BClN2O4/c1-28(2)29(3,4)37-30(36-28)20(13-19-14-21(31)17-32-15-19)16-33-27(34)35-18-26-24-11-7-5-9-22(24)23-10-6-8-12-25(23)26/h5-15,17,26H,16,18H2,1-4H3,(H,33,34). The highest BCUT2D eigenvalue weighted by Crippen LogP contribution is 2.44. The monoisotopic (exact) mass is 516 g/mol. The smallest absolute Gasteiger partial charge is 0.449 e. The first kappa shape index (κ1) is 25.5. The number of halogens is 1. The van der Waals surface area contributed by atoms with E-state index in [0.29, 0.717) is 5.02 Å². The Morgan fingerprint density at radius 1 is 1.03 bits per heavy atom. The van der Waals surface area contributed by atoms with Crippen molar-refractivity contribution in [1.29, 1.82) is 0 Å². The summed E-state index contributed by atoms with van der Waals surface area (Å²) in [5.41, 5.74) is 5.19. The van der Waals surface area contributed by atoms with Gasteiger partial charge in [0.25, 0.3) is 0 Å². The molecule has 0 bridgehead atoms. The number of fused-ring (bicyclic) bond motifs is 3. The summed E-state index contributed by atoms with van der Waals surface area (Å²) in [4.78, 5) is 17.0. The molecule has 0 unspecified atom stereocenters. The number of pyridine rings is 1. The number of ether oxygens (including phenoxy) is 1. The first-order valence-corrected chi connectivity index (χ1v) is 12.8. The van der Waals surface area contributed by atoms with Crippen molar-refractivity contribution >= 4 is 30.9 Å². The van der Waals surface area contributed by atoms with Crippen LogP contribution in [0.3, 0.4) is 0 Å². The Kier molecular flexibility index (Phi) is 6.88. The van der Waals surface area contributed by atoms with Crippen LogP contribution < -0.4 is 5.32 Å². The van der Waals surface area contributed by atoms with Crippen LogP contribution in [0.25, 0.3) is 17.2 Å². The van der Waals surface area contributed by atoms with Gasteiger partial charge in [0.2, 0.25) is 0 Å². The third-order valence-corrected chi connectivity index (χ3v) is 7.62. The summed E-state index contributed by atoms with van der Waals surface area (Å²) in [6.07, 6.45) is 4.64. The molecule has 2 aliphatic rings. The summed E-state index contributed by atoms with van der Waals surface area (Å²) in [7, 11) is -0.641. The number of amides is 1. The van der Waals surface area contributed by atoms with E-state index < -0.39 is 24.4 Å². The van der Waals surface area contributed by atoms with Gasteiger partial charge in [-0.1, -0.05) is 66.2 Å². The average molecular weight is 517 g/mol. The number of nitrogens with zero attached hydrogens (tertiary/aromatic N) is 1. The fraction of sp³-hybridized carbons (Fsp3) is 0.310. The predicted molar refractivity (Wildman–Crippen MR) is 146 cm³/mol. The second-order valence-electron chi connectivity index (χ2n) is 10.4. The van der Waals surface area contributed by atoms with Gasteiger partial charge in [-0.05, 0) is 67.1 Å². The lowest BCUT2D eigenvalue weighted by atomic mass is 9.77. The molecule has 0 atom stereocenters. The van der Waals surface area contributed by atoms with Crippen molar-refractivity contribution in [3.63, 3.8) is 0 Å². The number of benzene rings is 2. The molecule has 1 fully saturated rings. The maximum absolute atomic E-state index is 12.8. The van der Waals surface area contributed by atoms with Gasteiger partial charge in [0.05, 0.1) is 16.2 Å². The summed E-state index contributed by atoms with van der Waals surface area (Å²) < 4.78 is 18.2. The Labute approximate surface area is 223 Å². The van der Waals surface area contributed by atoms with E-state index in [1.807, 2.05) is 58.0 Å². The fourth-order valence-corrected chi connectivity index (χ4v) is 4.92. The van der Waals surface area contributed by atoms with Gasteiger partial charge in [-0.2, -0.15) is 0 Å². The normalized spacial score (nSPS) is 17.9. The Morgan fingerprint density at radius 2 is 1.62 bits per heavy atom. The first-order valence-electron chi connectivity index (χ1n) is 12.4. The molecule has 2 heterocycles. The molecule has 1 aromatic heterocycles. The van der Waals surface area contributed by atoms with E-state index in [1.165, 1.54) is 22.3 Å². The number of rotatable bonds is 6. The lowest BCUT2D eigenvalue weighted by molar-refractivity contribution is 0.00578. The van der Waals surface area contributed by atoms with E-state index in [2.05, 4.69) is 34.6 Å². The lowest BCUT2D eigenvalue weighted by Crippen LogP contribution is -2.41. The molecule has 190 valence electrons. The topological polar surface area (TPSA) is 69.7 Å². The summed E-state index contributed by atoms with van der Waals surface area (Å²) >= 11 is 6.14. The minimum atomic E-state index is -0.641. The number of carbonyl (C=O) groups excluding carboxylic acids is 1. The van der Waals surface area contributed by atoms with E-state index >= 15 is 0 Å². The van der Waals surface area contributed by atoms with Crippen molar-refractivity contribution in [3.8, 4) is 11.1 Å². The Hall–Kier alpha value is -3.13. The number of hydrogen-bond acceptors (Lipinski definition) is 5. The maximum atomic E-state index is 12.8. The largest absolute Gasteiger partial charge is 0.492 e. The van der Waals surface area contributed by atoms with Crippen molar-refractivity contribution in [2.75, 3.05) is 13.2 Å². The zero-order valence-corrected chi connectivity index (χ0v) is 22.2. The van der Waals surface area contributed by atoms with E-state index in [0.717, 1.165) is 11.0 Å². The molecule has 1 N–H and O–H groups in total. The molecular weight excluding hydrogens is 487 g/mol.